The van der Waals surface area contributed by atoms with Crippen molar-refractivity contribution < 1.29 is 9.18 Å². The van der Waals surface area contributed by atoms with Crippen molar-refractivity contribution in [2.45, 2.75) is 25.8 Å². The number of hydrogen-bond donors (Lipinski definition) is 0. The second-order valence-electron chi connectivity index (χ2n) is 8.76. The minimum Gasteiger partial charge on any atom is -0.292 e. The van der Waals surface area contributed by atoms with Crippen LogP contribution >= 0.6 is 34.8 Å². The van der Waals surface area contributed by atoms with E-state index in [0.29, 0.717) is 21.3 Å². The molecular weight excluding hydrogens is 496 g/mol. The summed E-state index contributed by atoms with van der Waals surface area (Å²) in [6.45, 7) is 4.10. The maximum absolute atomic E-state index is 15.5. The number of carbonyl (C=O) groups excluding carboxylic acids is 1. The summed E-state index contributed by atoms with van der Waals surface area (Å²) in [5.74, 6) is -0.969. The van der Waals surface area contributed by atoms with E-state index in [0.717, 1.165) is 28.1 Å². The molecule has 0 N–H and O–H groups in total. The first kappa shape index (κ1) is 21.7. The van der Waals surface area contributed by atoms with E-state index < -0.39 is 11.9 Å². The van der Waals surface area contributed by atoms with Crippen molar-refractivity contribution in [2.24, 2.45) is 0 Å². The molecule has 2 aliphatic rings. The van der Waals surface area contributed by atoms with Crippen molar-refractivity contribution in [3.8, 4) is 16.8 Å². The second-order valence-corrected chi connectivity index (χ2v) is 10.0. The fraction of sp³-hybridized carbons (Fsp3) is 0.154. The SMILES string of the molecule is CC(C)c1c2c(nn1-c1ccc(Cl)cc1)C(=O)N1c3c(ccc(Cl)c3F)-c3cc(Cl)ccc3C21. The third kappa shape index (κ3) is 2.90. The van der Waals surface area contributed by atoms with E-state index in [4.69, 9.17) is 39.9 Å². The first-order valence-corrected chi connectivity index (χ1v) is 11.9. The van der Waals surface area contributed by atoms with Crippen LogP contribution in [0.3, 0.4) is 0 Å². The van der Waals surface area contributed by atoms with Crippen LogP contribution in [0.2, 0.25) is 15.1 Å². The van der Waals surface area contributed by atoms with Gasteiger partial charge in [-0.25, -0.2) is 9.07 Å². The standard InChI is InChI=1S/C26H17Cl3FN3O/c1-12(2)23-20-22(31-33(23)15-6-3-13(27)4-7-15)26(34)32-24(20)16-8-5-14(28)11-18(16)17-9-10-19(29)21(30)25(17)32/h3-12,24H,1-2H3. The lowest BCUT2D eigenvalue weighted by molar-refractivity contribution is 0.0987. The first-order chi connectivity index (χ1) is 16.3. The van der Waals surface area contributed by atoms with Crippen LogP contribution < -0.4 is 4.90 Å². The van der Waals surface area contributed by atoms with E-state index >= 15 is 4.39 Å². The summed E-state index contributed by atoms with van der Waals surface area (Å²) in [5, 5.41) is 5.82. The van der Waals surface area contributed by atoms with Gasteiger partial charge in [0.15, 0.2) is 11.5 Å². The van der Waals surface area contributed by atoms with Gasteiger partial charge in [0.25, 0.3) is 5.91 Å². The molecule has 3 heterocycles. The first-order valence-electron chi connectivity index (χ1n) is 10.8. The van der Waals surface area contributed by atoms with Crippen molar-refractivity contribution in [2.75, 3.05) is 4.90 Å². The Balaban J connectivity index is 1.67. The zero-order valence-corrected chi connectivity index (χ0v) is 20.4. The second kappa shape index (κ2) is 7.57. The molecule has 4 aromatic rings. The molecule has 8 heteroatoms. The van der Waals surface area contributed by atoms with Crippen LogP contribution in [0.5, 0.6) is 0 Å². The van der Waals surface area contributed by atoms with Gasteiger partial charge in [-0.1, -0.05) is 60.8 Å². The van der Waals surface area contributed by atoms with Gasteiger partial charge < -0.3 is 0 Å². The Kier molecular flexibility index (Phi) is 4.82. The van der Waals surface area contributed by atoms with Gasteiger partial charge in [-0.15, -0.1) is 0 Å². The lowest BCUT2D eigenvalue weighted by Crippen LogP contribution is -2.34. The predicted octanol–water partition coefficient (Wildman–Crippen LogP) is 7.83. The van der Waals surface area contributed by atoms with E-state index in [-0.39, 0.29) is 22.5 Å². The molecular formula is C26H17Cl3FN3O. The van der Waals surface area contributed by atoms with Gasteiger partial charge in [-0.05, 0) is 59.5 Å². The molecule has 0 saturated heterocycles. The molecule has 6 rings (SSSR count). The molecule has 0 radical (unpaired) electrons. The van der Waals surface area contributed by atoms with Gasteiger partial charge in [0, 0.05) is 21.2 Å². The minimum absolute atomic E-state index is 0.0287. The number of aromatic nitrogens is 2. The molecule has 1 atom stereocenters. The smallest absolute Gasteiger partial charge is 0.280 e. The molecule has 34 heavy (non-hydrogen) atoms. The number of amides is 1. The number of hydrogen-bond acceptors (Lipinski definition) is 2. The van der Waals surface area contributed by atoms with Crippen molar-refractivity contribution in [3.05, 3.63) is 98.0 Å². The largest absolute Gasteiger partial charge is 0.292 e. The number of fused-ring (bicyclic) bond motifs is 8. The summed E-state index contributed by atoms with van der Waals surface area (Å²) in [6, 6.07) is 15.5. The summed E-state index contributed by atoms with van der Waals surface area (Å²) in [7, 11) is 0. The highest BCUT2D eigenvalue weighted by Crippen LogP contribution is 2.55. The molecule has 0 fully saturated rings. The monoisotopic (exact) mass is 511 g/mol. The Morgan fingerprint density at radius 3 is 2.35 bits per heavy atom. The number of nitrogens with zero attached hydrogens (tertiary/aromatic N) is 3. The maximum atomic E-state index is 15.5. The molecule has 0 saturated carbocycles. The van der Waals surface area contributed by atoms with Crippen molar-refractivity contribution in [1.29, 1.82) is 0 Å². The van der Waals surface area contributed by atoms with Gasteiger partial charge in [0.05, 0.1) is 28.1 Å². The topological polar surface area (TPSA) is 38.1 Å². The minimum atomic E-state index is -0.634. The summed E-state index contributed by atoms with van der Waals surface area (Å²) in [5.41, 5.74) is 5.11. The number of anilines is 1. The highest BCUT2D eigenvalue weighted by Gasteiger charge is 2.49. The highest BCUT2D eigenvalue weighted by molar-refractivity contribution is 6.32. The Morgan fingerprint density at radius 2 is 1.65 bits per heavy atom. The van der Waals surface area contributed by atoms with Crippen LogP contribution in [0.25, 0.3) is 16.8 Å². The van der Waals surface area contributed by atoms with Crippen LogP contribution in [-0.4, -0.2) is 15.7 Å². The summed E-state index contributed by atoms with van der Waals surface area (Å²) in [6.07, 6.45) is 0. The van der Waals surface area contributed by atoms with Gasteiger partial charge >= 0.3 is 0 Å². The Morgan fingerprint density at radius 1 is 0.941 bits per heavy atom. The normalized spacial score (nSPS) is 15.9. The molecule has 170 valence electrons. The maximum Gasteiger partial charge on any atom is 0.280 e. The molecule has 4 nitrogen and oxygen atoms in total. The summed E-state index contributed by atoms with van der Waals surface area (Å²) >= 11 is 18.6. The average molecular weight is 513 g/mol. The van der Waals surface area contributed by atoms with Gasteiger partial charge in [-0.2, -0.15) is 5.10 Å². The quantitative estimate of drug-likeness (QED) is 0.274. The molecule has 0 spiro atoms. The van der Waals surface area contributed by atoms with Gasteiger partial charge in [-0.3, -0.25) is 9.69 Å². The molecule has 0 aliphatic carbocycles. The molecule has 1 amide bonds. The lowest BCUT2D eigenvalue weighted by atomic mass is 9.85. The van der Waals surface area contributed by atoms with Gasteiger partial charge in [0.1, 0.15) is 0 Å². The Hall–Kier alpha value is -2.86. The average Bonchev–Trinajstić information content (AvgIpc) is 3.32. The van der Waals surface area contributed by atoms with Crippen LogP contribution in [0.1, 0.15) is 53.1 Å². The molecule has 1 aromatic heterocycles. The molecule has 1 unspecified atom stereocenters. The van der Waals surface area contributed by atoms with Crippen LogP contribution in [0.15, 0.2) is 54.6 Å². The Labute approximate surface area is 210 Å². The fourth-order valence-electron chi connectivity index (χ4n) is 5.08. The van der Waals surface area contributed by atoms with Gasteiger partial charge in [0.2, 0.25) is 0 Å². The third-order valence-electron chi connectivity index (χ3n) is 6.44. The molecule has 0 bridgehead atoms. The zero-order valence-electron chi connectivity index (χ0n) is 18.1. The number of rotatable bonds is 2. The predicted molar refractivity (Wildman–Crippen MR) is 133 cm³/mol. The zero-order chi connectivity index (χ0) is 23.9. The number of carbonyl (C=O) groups is 1. The third-order valence-corrected chi connectivity index (χ3v) is 7.22. The van der Waals surface area contributed by atoms with E-state index in [1.54, 1.807) is 28.9 Å². The van der Waals surface area contributed by atoms with Crippen molar-refractivity contribution >= 4 is 46.4 Å². The van der Waals surface area contributed by atoms with E-state index in [1.807, 2.05) is 38.1 Å². The summed E-state index contributed by atoms with van der Waals surface area (Å²) in [4.78, 5) is 15.3. The van der Waals surface area contributed by atoms with E-state index in [9.17, 15) is 4.79 Å². The van der Waals surface area contributed by atoms with Crippen LogP contribution in [0, 0.1) is 5.82 Å². The summed E-state index contributed by atoms with van der Waals surface area (Å²) < 4.78 is 17.3. The molecule has 2 aliphatic heterocycles. The van der Waals surface area contributed by atoms with Crippen LogP contribution in [-0.2, 0) is 0 Å². The van der Waals surface area contributed by atoms with E-state index in [1.165, 1.54) is 11.0 Å². The number of benzene rings is 3. The van der Waals surface area contributed by atoms with Crippen LogP contribution in [0.4, 0.5) is 10.1 Å². The lowest BCUT2D eigenvalue weighted by Gasteiger charge is -2.35. The van der Waals surface area contributed by atoms with Crippen molar-refractivity contribution in [3.63, 3.8) is 0 Å². The molecule has 3 aromatic carbocycles. The number of halogens is 4. The van der Waals surface area contributed by atoms with Crippen molar-refractivity contribution in [1.82, 2.24) is 9.78 Å². The fourth-order valence-corrected chi connectivity index (χ4v) is 5.53. The Bertz CT molecular complexity index is 1510. The van der Waals surface area contributed by atoms with E-state index in [2.05, 4.69) is 0 Å². The highest BCUT2D eigenvalue weighted by atomic mass is 35.5.